The van der Waals surface area contributed by atoms with Crippen LogP contribution >= 0.6 is 23.2 Å². The zero-order chi connectivity index (χ0) is 11.3. The Morgan fingerprint density at radius 1 is 1.27 bits per heavy atom. The monoisotopic (exact) mass is 247 g/mol. The number of benzene rings is 1. The van der Waals surface area contributed by atoms with Crippen LogP contribution in [0, 0.1) is 0 Å². The van der Waals surface area contributed by atoms with E-state index in [1.165, 1.54) is 0 Å². The molecule has 1 aromatic rings. The molecule has 1 aromatic carbocycles. The van der Waals surface area contributed by atoms with Crippen molar-refractivity contribution in [1.82, 2.24) is 5.32 Å². The summed E-state index contributed by atoms with van der Waals surface area (Å²) >= 11 is 11.8. The lowest BCUT2D eigenvalue weighted by Gasteiger charge is -2.12. The third kappa shape index (κ3) is 4.85. The number of methoxy groups -OCH3 is 1. The fourth-order valence-corrected chi connectivity index (χ4v) is 1.89. The zero-order valence-corrected chi connectivity index (χ0v) is 10.4. The van der Waals surface area contributed by atoms with Crippen molar-refractivity contribution < 1.29 is 4.74 Å². The molecule has 0 aliphatic carbocycles. The van der Waals surface area contributed by atoms with Gasteiger partial charge in [-0.25, -0.2) is 0 Å². The molecular weight excluding hydrogens is 233 g/mol. The summed E-state index contributed by atoms with van der Waals surface area (Å²) in [5.74, 6) is 0. The van der Waals surface area contributed by atoms with Crippen LogP contribution in [0.15, 0.2) is 18.2 Å². The lowest BCUT2D eigenvalue weighted by Crippen LogP contribution is -2.29. The molecule has 84 valence electrons. The van der Waals surface area contributed by atoms with E-state index in [2.05, 4.69) is 12.2 Å². The van der Waals surface area contributed by atoms with Crippen molar-refractivity contribution >= 4 is 23.2 Å². The molecule has 1 atom stereocenters. The van der Waals surface area contributed by atoms with Gasteiger partial charge < -0.3 is 10.1 Å². The highest BCUT2D eigenvalue weighted by Gasteiger charge is 2.02. The maximum Gasteiger partial charge on any atom is 0.0613 e. The highest BCUT2D eigenvalue weighted by molar-refractivity contribution is 6.34. The summed E-state index contributed by atoms with van der Waals surface area (Å²) < 4.78 is 5.02. The third-order valence-electron chi connectivity index (χ3n) is 1.99. The minimum absolute atomic E-state index is 0.313. The SMILES string of the molecule is COC[C@@H](C)NCc1cc(Cl)cc(Cl)c1. The van der Waals surface area contributed by atoms with Gasteiger partial charge in [0, 0.05) is 29.7 Å². The van der Waals surface area contributed by atoms with Gasteiger partial charge in [-0.05, 0) is 30.7 Å². The van der Waals surface area contributed by atoms with Crippen molar-refractivity contribution in [1.29, 1.82) is 0 Å². The first-order valence-electron chi connectivity index (χ1n) is 4.79. The normalized spacial score (nSPS) is 12.8. The molecule has 1 rings (SSSR count). The summed E-state index contributed by atoms with van der Waals surface area (Å²) in [5, 5.41) is 4.64. The zero-order valence-electron chi connectivity index (χ0n) is 8.89. The van der Waals surface area contributed by atoms with Crippen molar-refractivity contribution in [3.8, 4) is 0 Å². The van der Waals surface area contributed by atoms with E-state index in [1.807, 2.05) is 12.1 Å². The quantitative estimate of drug-likeness (QED) is 0.864. The summed E-state index contributed by atoms with van der Waals surface area (Å²) in [4.78, 5) is 0. The molecule has 0 bridgehead atoms. The van der Waals surface area contributed by atoms with Crippen molar-refractivity contribution in [3.05, 3.63) is 33.8 Å². The Balaban J connectivity index is 2.50. The minimum atomic E-state index is 0.313. The summed E-state index contributed by atoms with van der Waals surface area (Å²) in [5.41, 5.74) is 1.08. The lowest BCUT2D eigenvalue weighted by atomic mass is 10.2. The minimum Gasteiger partial charge on any atom is -0.383 e. The molecule has 0 saturated carbocycles. The first kappa shape index (κ1) is 12.8. The first-order chi connectivity index (χ1) is 7.11. The van der Waals surface area contributed by atoms with Crippen molar-refractivity contribution in [3.63, 3.8) is 0 Å². The number of hydrogen-bond acceptors (Lipinski definition) is 2. The molecule has 0 radical (unpaired) electrons. The first-order valence-corrected chi connectivity index (χ1v) is 5.54. The van der Waals surface area contributed by atoms with Crippen LogP contribution in [0.5, 0.6) is 0 Å². The predicted molar refractivity (Wildman–Crippen MR) is 64.6 cm³/mol. The van der Waals surface area contributed by atoms with E-state index < -0.39 is 0 Å². The number of rotatable bonds is 5. The van der Waals surface area contributed by atoms with Crippen LogP contribution in [0.25, 0.3) is 0 Å². The van der Waals surface area contributed by atoms with Crippen LogP contribution in [0.2, 0.25) is 10.0 Å². The highest BCUT2D eigenvalue weighted by Crippen LogP contribution is 2.18. The van der Waals surface area contributed by atoms with Gasteiger partial charge in [-0.2, -0.15) is 0 Å². The average Bonchev–Trinajstić information content (AvgIpc) is 2.14. The van der Waals surface area contributed by atoms with E-state index in [1.54, 1.807) is 13.2 Å². The molecule has 0 spiro atoms. The molecule has 2 nitrogen and oxygen atoms in total. The van der Waals surface area contributed by atoms with Gasteiger partial charge in [0.2, 0.25) is 0 Å². The predicted octanol–water partition coefficient (Wildman–Crippen LogP) is 3.12. The number of ether oxygens (including phenoxy) is 1. The van der Waals surface area contributed by atoms with Gasteiger partial charge in [-0.15, -0.1) is 0 Å². The Morgan fingerprint density at radius 2 is 1.87 bits per heavy atom. The fraction of sp³-hybridized carbons (Fsp3) is 0.455. The highest BCUT2D eigenvalue weighted by atomic mass is 35.5. The number of nitrogens with one attached hydrogen (secondary N) is 1. The summed E-state index contributed by atoms with van der Waals surface area (Å²) in [6, 6.07) is 5.85. The van der Waals surface area contributed by atoms with E-state index in [0.717, 1.165) is 12.1 Å². The summed E-state index contributed by atoms with van der Waals surface area (Å²) in [6.45, 7) is 3.49. The molecule has 4 heteroatoms. The molecule has 0 heterocycles. The molecular formula is C11H15Cl2NO. The third-order valence-corrected chi connectivity index (χ3v) is 2.43. The van der Waals surface area contributed by atoms with Crippen LogP contribution in [0.4, 0.5) is 0 Å². The Kier molecular flexibility index (Phi) is 5.40. The van der Waals surface area contributed by atoms with Gasteiger partial charge in [0.15, 0.2) is 0 Å². The summed E-state index contributed by atoms with van der Waals surface area (Å²) in [6.07, 6.45) is 0. The van der Waals surface area contributed by atoms with Crippen LogP contribution in [0.3, 0.4) is 0 Å². The van der Waals surface area contributed by atoms with E-state index in [4.69, 9.17) is 27.9 Å². The van der Waals surface area contributed by atoms with Gasteiger partial charge in [-0.3, -0.25) is 0 Å². The van der Waals surface area contributed by atoms with Gasteiger partial charge in [-0.1, -0.05) is 23.2 Å². The van der Waals surface area contributed by atoms with E-state index in [9.17, 15) is 0 Å². The molecule has 0 aromatic heterocycles. The largest absolute Gasteiger partial charge is 0.383 e. The average molecular weight is 248 g/mol. The number of hydrogen-bond donors (Lipinski definition) is 1. The molecule has 1 N–H and O–H groups in total. The Bertz CT molecular complexity index is 297. The topological polar surface area (TPSA) is 21.3 Å². The Labute approximate surface area is 101 Å². The molecule has 0 aliphatic rings. The van der Waals surface area contributed by atoms with Gasteiger partial charge in [0.25, 0.3) is 0 Å². The standard InChI is InChI=1S/C11H15Cl2NO/c1-8(7-15-2)14-6-9-3-10(12)5-11(13)4-9/h3-5,8,14H,6-7H2,1-2H3/t8-/m1/s1. The fourth-order valence-electron chi connectivity index (χ4n) is 1.31. The molecule has 0 aliphatic heterocycles. The Morgan fingerprint density at radius 3 is 2.40 bits per heavy atom. The second-order valence-electron chi connectivity index (χ2n) is 3.51. The van der Waals surface area contributed by atoms with Gasteiger partial charge in [0.05, 0.1) is 6.61 Å². The van der Waals surface area contributed by atoms with Crippen molar-refractivity contribution in [2.75, 3.05) is 13.7 Å². The van der Waals surface area contributed by atoms with E-state index in [0.29, 0.717) is 22.7 Å². The lowest BCUT2D eigenvalue weighted by molar-refractivity contribution is 0.171. The molecule has 0 saturated heterocycles. The smallest absolute Gasteiger partial charge is 0.0613 e. The van der Waals surface area contributed by atoms with Crippen LogP contribution in [-0.2, 0) is 11.3 Å². The number of halogens is 2. The van der Waals surface area contributed by atoms with Gasteiger partial charge in [0.1, 0.15) is 0 Å². The second kappa shape index (κ2) is 6.33. The van der Waals surface area contributed by atoms with Crippen LogP contribution in [-0.4, -0.2) is 19.8 Å². The van der Waals surface area contributed by atoms with Gasteiger partial charge >= 0.3 is 0 Å². The molecule has 0 unspecified atom stereocenters. The van der Waals surface area contributed by atoms with E-state index in [-0.39, 0.29) is 0 Å². The second-order valence-corrected chi connectivity index (χ2v) is 4.39. The maximum atomic E-state index is 5.89. The van der Waals surface area contributed by atoms with Crippen LogP contribution in [0.1, 0.15) is 12.5 Å². The van der Waals surface area contributed by atoms with Crippen molar-refractivity contribution in [2.24, 2.45) is 0 Å². The van der Waals surface area contributed by atoms with Crippen molar-refractivity contribution in [2.45, 2.75) is 19.5 Å². The molecule has 0 amide bonds. The molecule has 0 fully saturated rings. The summed E-state index contributed by atoms with van der Waals surface area (Å²) in [7, 11) is 1.69. The maximum absolute atomic E-state index is 5.89. The Hall–Kier alpha value is -0.280. The molecule has 15 heavy (non-hydrogen) atoms. The van der Waals surface area contributed by atoms with E-state index >= 15 is 0 Å². The van der Waals surface area contributed by atoms with Crippen LogP contribution < -0.4 is 5.32 Å².